The molecule has 0 saturated carbocycles. The minimum absolute atomic E-state index is 0.0297. The van der Waals surface area contributed by atoms with Crippen LogP contribution >= 0.6 is 0 Å². The highest BCUT2D eigenvalue weighted by molar-refractivity contribution is 6.20. The number of carbonyl (C=O) groups excluding carboxylic acids is 1. The van der Waals surface area contributed by atoms with Crippen molar-refractivity contribution in [1.29, 1.82) is 0 Å². The highest BCUT2D eigenvalue weighted by Crippen LogP contribution is 2.21. The monoisotopic (exact) mass is 225 g/mol. The molecule has 2 rings (SSSR count). The Morgan fingerprint density at radius 1 is 1.06 bits per heavy atom. The summed E-state index contributed by atoms with van der Waals surface area (Å²) in [5.74, 6) is 0.0297. The van der Waals surface area contributed by atoms with Crippen molar-refractivity contribution in [1.82, 2.24) is 0 Å². The molecule has 0 saturated heterocycles. The molecule has 0 unspecified atom stereocenters. The van der Waals surface area contributed by atoms with Gasteiger partial charge in [-0.15, -0.1) is 0 Å². The summed E-state index contributed by atoms with van der Waals surface area (Å²) in [6.07, 6.45) is 4.94. The highest BCUT2D eigenvalue weighted by Gasteiger charge is 2.07. The SMILES string of the molecule is CC1=CC(=O)C=CC1=Nc1ccc(C)cc1C. The van der Waals surface area contributed by atoms with E-state index in [1.54, 1.807) is 18.2 Å². The second-order valence-corrected chi connectivity index (χ2v) is 4.35. The van der Waals surface area contributed by atoms with Crippen LogP contribution in [0, 0.1) is 13.8 Å². The van der Waals surface area contributed by atoms with Gasteiger partial charge in [0.05, 0.1) is 11.4 Å². The zero-order chi connectivity index (χ0) is 12.4. The van der Waals surface area contributed by atoms with Gasteiger partial charge in [0.25, 0.3) is 0 Å². The maximum absolute atomic E-state index is 11.2. The Bertz CT molecular complexity index is 562. The Labute approximate surface area is 101 Å². The van der Waals surface area contributed by atoms with Crippen LogP contribution in [-0.4, -0.2) is 11.5 Å². The predicted molar refractivity (Wildman–Crippen MR) is 70.9 cm³/mol. The van der Waals surface area contributed by atoms with E-state index in [0.29, 0.717) is 0 Å². The molecule has 0 aliphatic heterocycles. The fourth-order valence-corrected chi connectivity index (χ4v) is 1.81. The Morgan fingerprint density at radius 3 is 2.47 bits per heavy atom. The van der Waals surface area contributed by atoms with Gasteiger partial charge in [-0.3, -0.25) is 4.79 Å². The van der Waals surface area contributed by atoms with Crippen molar-refractivity contribution in [2.75, 3.05) is 0 Å². The average molecular weight is 225 g/mol. The summed E-state index contributed by atoms with van der Waals surface area (Å²) < 4.78 is 0. The van der Waals surface area contributed by atoms with Gasteiger partial charge >= 0.3 is 0 Å². The van der Waals surface area contributed by atoms with Crippen LogP contribution in [0.25, 0.3) is 0 Å². The lowest BCUT2D eigenvalue weighted by Gasteiger charge is -2.07. The molecule has 2 heteroatoms. The maximum atomic E-state index is 11.2. The molecule has 1 aliphatic carbocycles. The number of hydrogen-bond donors (Lipinski definition) is 0. The first-order chi connectivity index (χ1) is 8.06. The van der Waals surface area contributed by atoms with Crippen molar-refractivity contribution in [3.63, 3.8) is 0 Å². The fourth-order valence-electron chi connectivity index (χ4n) is 1.81. The number of hydrogen-bond acceptors (Lipinski definition) is 2. The lowest BCUT2D eigenvalue weighted by atomic mass is 10.0. The van der Waals surface area contributed by atoms with Crippen molar-refractivity contribution in [3.8, 4) is 0 Å². The summed E-state index contributed by atoms with van der Waals surface area (Å²) in [6.45, 7) is 6.02. The lowest BCUT2D eigenvalue weighted by molar-refractivity contribution is -0.110. The van der Waals surface area contributed by atoms with Crippen LogP contribution in [0.3, 0.4) is 0 Å². The molecule has 0 atom stereocenters. The predicted octanol–water partition coefficient (Wildman–Crippen LogP) is 3.46. The minimum Gasteiger partial charge on any atom is -0.290 e. The van der Waals surface area contributed by atoms with Gasteiger partial charge in [0.1, 0.15) is 0 Å². The van der Waals surface area contributed by atoms with Crippen LogP contribution in [0.4, 0.5) is 5.69 Å². The maximum Gasteiger partial charge on any atom is 0.179 e. The largest absolute Gasteiger partial charge is 0.290 e. The van der Waals surface area contributed by atoms with E-state index in [1.807, 2.05) is 26.0 Å². The van der Waals surface area contributed by atoms with Gasteiger partial charge in [-0.05, 0) is 56.2 Å². The number of nitrogens with zero attached hydrogens (tertiary/aromatic N) is 1. The molecule has 17 heavy (non-hydrogen) atoms. The van der Waals surface area contributed by atoms with Crippen molar-refractivity contribution in [2.24, 2.45) is 4.99 Å². The summed E-state index contributed by atoms with van der Waals surface area (Å²) in [5.41, 5.74) is 5.11. The molecule has 1 aromatic rings. The van der Waals surface area contributed by atoms with Crippen molar-refractivity contribution in [2.45, 2.75) is 20.8 Å². The fraction of sp³-hybridized carbons (Fsp3) is 0.200. The molecule has 86 valence electrons. The Kier molecular flexibility index (Phi) is 3.05. The van der Waals surface area contributed by atoms with Crippen molar-refractivity contribution in [3.05, 3.63) is 53.1 Å². The number of aliphatic imine (C=N–C) groups is 1. The number of ketones is 1. The van der Waals surface area contributed by atoms with E-state index < -0.39 is 0 Å². The van der Waals surface area contributed by atoms with E-state index in [0.717, 1.165) is 22.5 Å². The van der Waals surface area contributed by atoms with Crippen molar-refractivity contribution >= 4 is 17.2 Å². The van der Waals surface area contributed by atoms with Gasteiger partial charge in [-0.2, -0.15) is 0 Å². The van der Waals surface area contributed by atoms with E-state index in [-0.39, 0.29) is 5.78 Å². The smallest absolute Gasteiger partial charge is 0.179 e. The Morgan fingerprint density at radius 2 is 1.82 bits per heavy atom. The molecule has 0 radical (unpaired) electrons. The van der Waals surface area contributed by atoms with Crippen LogP contribution in [-0.2, 0) is 4.79 Å². The first kappa shape index (κ1) is 11.5. The molecule has 0 fully saturated rings. The van der Waals surface area contributed by atoms with Gasteiger partial charge in [0.15, 0.2) is 5.78 Å². The number of aryl methyl sites for hydroxylation is 2. The van der Waals surface area contributed by atoms with Gasteiger partial charge in [0, 0.05) is 0 Å². The van der Waals surface area contributed by atoms with Gasteiger partial charge in [0.2, 0.25) is 0 Å². The number of rotatable bonds is 1. The summed E-state index contributed by atoms with van der Waals surface area (Å²) in [7, 11) is 0. The molecule has 0 spiro atoms. The summed E-state index contributed by atoms with van der Waals surface area (Å²) in [5, 5.41) is 0. The number of allylic oxidation sites excluding steroid dienone is 4. The summed E-state index contributed by atoms with van der Waals surface area (Å²) >= 11 is 0. The quantitative estimate of drug-likeness (QED) is 0.673. The molecule has 0 bridgehead atoms. The topological polar surface area (TPSA) is 29.4 Å². The third-order valence-corrected chi connectivity index (χ3v) is 2.76. The molecule has 1 aromatic carbocycles. The molecular formula is C15H15NO. The Hall–Kier alpha value is -1.96. The van der Waals surface area contributed by atoms with Gasteiger partial charge in [-0.25, -0.2) is 4.99 Å². The summed E-state index contributed by atoms with van der Waals surface area (Å²) in [6, 6.07) is 6.16. The second-order valence-electron chi connectivity index (χ2n) is 4.35. The van der Waals surface area contributed by atoms with Crippen LogP contribution in [0.15, 0.2) is 47.0 Å². The van der Waals surface area contributed by atoms with Gasteiger partial charge < -0.3 is 0 Å². The highest BCUT2D eigenvalue weighted by atomic mass is 16.1. The molecule has 0 heterocycles. The van der Waals surface area contributed by atoms with Crippen LogP contribution in [0.2, 0.25) is 0 Å². The standard InChI is InChI=1S/C15H15NO/c1-10-4-6-14(11(2)8-10)16-15-7-5-13(17)9-12(15)3/h4-9H,1-3H3. The van der Waals surface area contributed by atoms with Crippen molar-refractivity contribution < 1.29 is 4.79 Å². The number of carbonyl (C=O) groups is 1. The van der Waals surface area contributed by atoms with E-state index >= 15 is 0 Å². The first-order valence-corrected chi connectivity index (χ1v) is 5.63. The van der Waals surface area contributed by atoms with Gasteiger partial charge in [-0.1, -0.05) is 17.7 Å². The molecule has 0 N–H and O–H groups in total. The van der Waals surface area contributed by atoms with Crippen LogP contribution in [0.1, 0.15) is 18.1 Å². The molecule has 1 aliphatic rings. The zero-order valence-electron chi connectivity index (χ0n) is 10.3. The normalized spacial score (nSPS) is 17.5. The second kappa shape index (κ2) is 4.50. The molecule has 0 amide bonds. The zero-order valence-corrected chi connectivity index (χ0v) is 10.3. The minimum atomic E-state index is 0.0297. The van der Waals surface area contributed by atoms with E-state index in [2.05, 4.69) is 18.0 Å². The lowest BCUT2D eigenvalue weighted by Crippen LogP contribution is -2.05. The summed E-state index contributed by atoms with van der Waals surface area (Å²) in [4.78, 5) is 15.7. The molecule has 0 aromatic heterocycles. The molecular weight excluding hydrogens is 210 g/mol. The average Bonchev–Trinajstić information content (AvgIpc) is 2.25. The van der Waals surface area contributed by atoms with E-state index in [1.165, 1.54) is 5.56 Å². The van der Waals surface area contributed by atoms with E-state index in [9.17, 15) is 4.79 Å². The number of benzene rings is 1. The Balaban J connectivity index is 2.40. The van der Waals surface area contributed by atoms with Crippen LogP contribution in [0.5, 0.6) is 0 Å². The third kappa shape index (κ3) is 2.59. The molecule has 2 nitrogen and oxygen atoms in total. The van der Waals surface area contributed by atoms with E-state index in [4.69, 9.17) is 0 Å². The third-order valence-electron chi connectivity index (χ3n) is 2.76. The van der Waals surface area contributed by atoms with Crippen LogP contribution < -0.4 is 0 Å². The first-order valence-electron chi connectivity index (χ1n) is 5.63.